The number of anilines is 1. The third kappa shape index (κ3) is 4.84. The Morgan fingerprint density at radius 2 is 1.79 bits per heavy atom. The second kappa shape index (κ2) is 9.63. The molecule has 0 saturated carbocycles. The number of nitro groups is 1. The molecule has 0 unspecified atom stereocenters. The van der Waals surface area contributed by atoms with E-state index in [1.165, 1.54) is 23.0 Å². The van der Waals surface area contributed by atoms with Crippen LogP contribution in [0.5, 0.6) is 5.75 Å². The number of para-hydroxylation sites is 1. The number of nitrogens with one attached hydrogen (secondary N) is 2. The number of aryl methyl sites for hydroxylation is 1. The standard InChI is InChI=1S/C23H20N6O4S/c1-3-33-16-10-8-15(9-11-16)28-26-19-12-14(2)18(13-20(19)27-28)24-23(34)25-22(30)17-6-4-5-7-21(17)29(31)32/h4-13H,3H2,1-2H3,(H2,24,25,30,34). The highest BCUT2D eigenvalue weighted by molar-refractivity contribution is 7.80. The van der Waals surface area contributed by atoms with Gasteiger partial charge in [0.15, 0.2) is 5.11 Å². The van der Waals surface area contributed by atoms with E-state index in [0.29, 0.717) is 23.3 Å². The van der Waals surface area contributed by atoms with Crippen LogP contribution in [0.2, 0.25) is 0 Å². The van der Waals surface area contributed by atoms with Crippen LogP contribution in [-0.2, 0) is 0 Å². The topological polar surface area (TPSA) is 124 Å². The largest absolute Gasteiger partial charge is 0.494 e. The smallest absolute Gasteiger partial charge is 0.282 e. The molecule has 4 rings (SSSR count). The number of amides is 1. The molecule has 1 amide bonds. The Hall–Kier alpha value is -4.38. The van der Waals surface area contributed by atoms with Crippen molar-refractivity contribution in [3.05, 3.63) is 81.9 Å². The zero-order valence-corrected chi connectivity index (χ0v) is 19.1. The molecule has 172 valence electrons. The van der Waals surface area contributed by atoms with E-state index in [2.05, 4.69) is 20.8 Å². The fraction of sp³-hybridized carbons (Fsp3) is 0.130. The van der Waals surface area contributed by atoms with Gasteiger partial charge in [0.2, 0.25) is 0 Å². The lowest BCUT2D eigenvalue weighted by Crippen LogP contribution is -2.34. The SMILES string of the molecule is CCOc1ccc(-n2nc3cc(C)c(NC(=S)NC(=O)c4ccccc4[N+](=O)[O-])cc3n2)cc1. The van der Waals surface area contributed by atoms with E-state index in [1.54, 1.807) is 12.1 Å². The van der Waals surface area contributed by atoms with E-state index in [9.17, 15) is 14.9 Å². The van der Waals surface area contributed by atoms with E-state index in [1.807, 2.05) is 44.2 Å². The number of carbonyl (C=O) groups excluding carboxylic acids is 1. The van der Waals surface area contributed by atoms with Crippen LogP contribution < -0.4 is 15.4 Å². The third-order valence-corrected chi connectivity index (χ3v) is 5.13. The van der Waals surface area contributed by atoms with Gasteiger partial charge in [0.25, 0.3) is 11.6 Å². The number of benzene rings is 3. The summed E-state index contributed by atoms with van der Waals surface area (Å²) in [6, 6.07) is 16.7. The molecular formula is C23H20N6O4S. The minimum atomic E-state index is -0.676. The molecule has 1 aromatic heterocycles. The fourth-order valence-corrected chi connectivity index (χ4v) is 3.51. The molecule has 0 fully saturated rings. The maximum absolute atomic E-state index is 12.5. The predicted octanol–water partition coefficient (Wildman–Crippen LogP) is 4.16. The molecule has 0 aliphatic carbocycles. The molecule has 0 bridgehead atoms. The van der Waals surface area contributed by atoms with Crippen LogP contribution in [0.15, 0.2) is 60.7 Å². The van der Waals surface area contributed by atoms with E-state index in [4.69, 9.17) is 17.0 Å². The lowest BCUT2D eigenvalue weighted by Gasteiger charge is -2.11. The number of fused-ring (bicyclic) bond motifs is 1. The second-order valence-electron chi connectivity index (χ2n) is 7.25. The molecule has 0 atom stereocenters. The highest BCUT2D eigenvalue weighted by atomic mass is 32.1. The minimum absolute atomic E-state index is 0.00417. The number of ether oxygens (including phenoxy) is 1. The summed E-state index contributed by atoms with van der Waals surface area (Å²) in [5.41, 5.74) is 3.15. The summed E-state index contributed by atoms with van der Waals surface area (Å²) < 4.78 is 5.46. The minimum Gasteiger partial charge on any atom is -0.494 e. The number of nitro benzene ring substituents is 1. The number of nitrogens with zero attached hydrogens (tertiary/aromatic N) is 4. The average Bonchev–Trinajstić information content (AvgIpc) is 3.22. The van der Waals surface area contributed by atoms with Gasteiger partial charge in [-0.25, -0.2) is 0 Å². The number of aromatic nitrogens is 3. The van der Waals surface area contributed by atoms with Gasteiger partial charge in [0, 0.05) is 11.8 Å². The average molecular weight is 477 g/mol. The Bertz CT molecular complexity index is 1400. The maximum atomic E-state index is 12.5. The van der Waals surface area contributed by atoms with E-state index < -0.39 is 10.8 Å². The molecule has 3 aromatic carbocycles. The van der Waals surface area contributed by atoms with Crippen molar-refractivity contribution in [1.29, 1.82) is 0 Å². The quantitative estimate of drug-likeness (QED) is 0.241. The molecule has 0 radical (unpaired) electrons. The van der Waals surface area contributed by atoms with Crippen molar-refractivity contribution >= 4 is 45.6 Å². The van der Waals surface area contributed by atoms with Gasteiger partial charge in [0.1, 0.15) is 22.3 Å². The first kappa shape index (κ1) is 22.8. The molecule has 1 heterocycles. The van der Waals surface area contributed by atoms with Crippen molar-refractivity contribution in [1.82, 2.24) is 20.3 Å². The first-order valence-electron chi connectivity index (χ1n) is 10.3. The highest BCUT2D eigenvalue weighted by Gasteiger charge is 2.20. The zero-order chi connectivity index (χ0) is 24.2. The van der Waals surface area contributed by atoms with E-state index >= 15 is 0 Å². The number of carbonyl (C=O) groups is 1. The van der Waals surface area contributed by atoms with Crippen LogP contribution in [0.1, 0.15) is 22.8 Å². The summed E-state index contributed by atoms with van der Waals surface area (Å²) in [5, 5.41) is 25.7. The monoisotopic (exact) mass is 476 g/mol. The number of hydrogen-bond acceptors (Lipinski definition) is 7. The van der Waals surface area contributed by atoms with Crippen LogP contribution in [0.4, 0.5) is 11.4 Å². The summed E-state index contributed by atoms with van der Waals surface area (Å²) in [6.45, 7) is 4.37. The van der Waals surface area contributed by atoms with Crippen LogP contribution >= 0.6 is 12.2 Å². The van der Waals surface area contributed by atoms with Crippen molar-refractivity contribution in [3.8, 4) is 11.4 Å². The molecule has 11 heteroatoms. The third-order valence-electron chi connectivity index (χ3n) is 4.93. The molecule has 0 spiro atoms. The van der Waals surface area contributed by atoms with Crippen molar-refractivity contribution in [3.63, 3.8) is 0 Å². The molecule has 0 saturated heterocycles. The summed E-state index contributed by atoms with van der Waals surface area (Å²) in [7, 11) is 0. The number of rotatable bonds is 6. The first-order chi connectivity index (χ1) is 16.4. The fourth-order valence-electron chi connectivity index (χ4n) is 3.31. The van der Waals surface area contributed by atoms with Crippen LogP contribution in [-0.4, -0.2) is 37.5 Å². The van der Waals surface area contributed by atoms with Gasteiger partial charge in [-0.3, -0.25) is 20.2 Å². The first-order valence-corrected chi connectivity index (χ1v) is 10.7. The van der Waals surface area contributed by atoms with Crippen LogP contribution in [0, 0.1) is 17.0 Å². The Kier molecular flexibility index (Phi) is 6.46. The van der Waals surface area contributed by atoms with Crippen LogP contribution in [0.3, 0.4) is 0 Å². The van der Waals surface area contributed by atoms with Crippen molar-refractivity contribution in [2.24, 2.45) is 0 Å². The lowest BCUT2D eigenvalue weighted by atomic mass is 10.1. The van der Waals surface area contributed by atoms with E-state index in [0.717, 1.165) is 17.0 Å². The molecular weight excluding hydrogens is 456 g/mol. The normalized spacial score (nSPS) is 10.6. The van der Waals surface area contributed by atoms with Crippen molar-refractivity contribution in [2.75, 3.05) is 11.9 Å². The summed E-state index contributed by atoms with van der Waals surface area (Å²) in [4.78, 5) is 24.6. The van der Waals surface area contributed by atoms with Crippen molar-refractivity contribution in [2.45, 2.75) is 13.8 Å². The molecule has 0 aliphatic heterocycles. The Morgan fingerprint density at radius 1 is 1.12 bits per heavy atom. The van der Waals surface area contributed by atoms with Gasteiger partial charge in [-0.05, 0) is 74.1 Å². The van der Waals surface area contributed by atoms with Gasteiger partial charge >= 0.3 is 0 Å². The predicted molar refractivity (Wildman–Crippen MR) is 132 cm³/mol. The summed E-state index contributed by atoms with van der Waals surface area (Å²) >= 11 is 5.25. The lowest BCUT2D eigenvalue weighted by molar-refractivity contribution is -0.385. The van der Waals surface area contributed by atoms with Gasteiger partial charge in [-0.1, -0.05) is 12.1 Å². The van der Waals surface area contributed by atoms with E-state index in [-0.39, 0.29) is 16.4 Å². The Morgan fingerprint density at radius 3 is 2.47 bits per heavy atom. The van der Waals surface area contributed by atoms with Gasteiger partial charge in [-0.2, -0.15) is 4.80 Å². The highest BCUT2D eigenvalue weighted by Crippen LogP contribution is 2.23. The Labute approximate surface area is 199 Å². The molecule has 34 heavy (non-hydrogen) atoms. The molecule has 0 aliphatic rings. The van der Waals surface area contributed by atoms with Gasteiger partial charge in [0.05, 0.1) is 17.2 Å². The van der Waals surface area contributed by atoms with Crippen molar-refractivity contribution < 1.29 is 14.5 Å². The molecule has 10 nitrogen and oxygen atoms in total. The second-order valence-corrected chi connectivity index (χ2v) is 7.66. The maximum Gasteiger partial charge on any atom is 0.282 e. The number of thiocarbonyl (C=S) groups is 1. The summed E-state index contributed by atoms with van der Waals surface area (Å²) in [6.07, 6.45) is 0. The zero-order valence-electron chi connectivity index (χ0n) is 18.3. The molecule has 4 aromatic rings. The summed E-state index contributed by atoms with van der Waals surface area (Å²) in [5.74, 6) is 0.0895. The van der Waals surface area contributed by atoms with Crippen LogP contribution in [0.25, 0.3) is 16.7 Å². The van der Waals surface area contributed by atoms with Gasteiger partial charge in [-0.15, -0.1) is 10.2 Å². The van der Waals surface area contributed by atoms with Gasteiger partial charge < -0.3 is 10.1 Å². The number of hydrogen-bond donors (Lipinski definition) is 2. The Balaban J connectivity index is 1.52. The molecule has 2 N–H and O–H groups in total.